The molecule has 0 fully saturated rings. The maximum atomic E-state index is 10.0. The van der Waals surface area contributed by atoms with E-state index in [9.17, 15) is 5.26 Å². The highest BCUT2D eigenvalue weighted by Crippen LogP contribution is 2.41. The van der Waals surface area contributed by atoms with Crippen LogP contribution in [0, 0.1) is 11.3 Å². The second-order valence-corrected chi connectivity index (χ2v) is 11.2. The normalized spacial score (nSPS) is 11.5. The van der Waals surface area contributed by atoms with Crippen molar-refractivity contribution in [2.24, 2.45) is 0 Å². The SMILES string of the molecule is N#Cc1cc(-c2ccccc2)c2c(c1)c1cc(-c3ccc4sc5ccccc5c4c3)ccc1n2-c1ccccc1. The number of nitriles is 1. The zero-order valence-electron chi connectivity index (χ0n) is 21.5. The van der Waals surface area contributed by atoms with Crippen LogP contribution in [0.1, 0.15) is 5.56 Å². The van der Waals surface area contributed by atoms with Gasteiger partial charge in [0.25, 0.3) is 0 Å². The highest BCUT2D eigenvalue weighted by molar-refractivity contribution is 7.25. The highest BCUT2D eigenvalue weighted by Gasteiger charge is 2.19. The van der Waals surface area contributed by atoms with Crippen molar-refractivity contribution >= 4 is 53.3 Å². The predicted molar refractivity (Wildman–Crippen MR) is 169 cm³/mol. The lowest BCUT2D eigenvalue weighted by molar-refractivity contribution is 1.18. The lowest BCUT2D eigenvalue weighted by Gasteiger charge is -2.12. The van der Waals surface area contributed by atoms with Gasteiger partial charge in [-0.15, -0.1) is 11.3 Å². The molecule has 0 saturated heterocycles. The van der Waals surface area contributed by atoms with Gasteiger partial charge in [0.1, 0.15) is 0 Å². The lowest BCUT2D eigenvalue weighted by atomic mass is 9.97. The molecule has 0 unspecified atom stereocenters. The Morgan fingerprint density at radius 1 is 0.525 bits per heavy atom. The Bertz CT molecular complexity index is 2270. The van der Waals surface area contributed by atoms with Crippen molar-refractivity contribution in [2.75, 3.05) is 0 Å². The Hall–Kier alpha value is -5.17. The molecule has 0 N–H and O–H groups in total. The van der Waals surface area contributed by atoms with Gasteiger partial charge in [0.15, 0.2) is 0 Å². The number of para-hydroxylation sites is 1. The van der Waals surface area contributed by atoms with Gasteiger partial charge >= 0.3 is 0 Å². The fourth-order valence-electron chi connectivity index (χ4n) is 5.98. The van der Waals surface area contributed by atoms with E-state index in [1.54, 1.807) is 0 Å². The van der Waals surface area contributed by atoms with Gasteiger partial charge in [0, 0.05) is 42.2 Å². The standard InChI is InChI=1S/C37H22N2S/c38-23-24-19-30(25-9-3-1-4-10-25)37-33(20-24)31-21-26(15-17-34(31)39(37)28-11-5-2-6-12-28)27-16-18-36-32(22-27)29-13-7-8-14-35(29)40-36/h1-22H. The second kappa shape index (κ2) is 8.95. The van der Waals surface area contributed by atoms with Crippen LogP contribution in [0.5, 0.6) is 0 Å². The summed E-state index contributed by atoms with van der Waals surface area (Å²) in [5.41, 5.74) is 8.51. The Kier molecular flexibility index (Phi) is 5.10. The molecule has 8 rings (SSSR count). The number of hydrogen-bond donors (Lipinski definition) is 0. The molecule has 0 saturated carbocycles. The summed E-state index contributed by atoms with van der Waals surface area (Å²) in [7, 11) is 0. The van der Waals surface area contributed by atoms with Crippen molar-refractivity contribution < 1.29 is 0 Å². The van der Waals surface area contributed by atoms with Gasteiger partial charge in [0.2, 0.25) is 0 Å². The maximum Gasteiger partial charge on any atom is 0.0992 e. The number of nitrogens with zero attached hydrogens (tertiary/aromatic N) is 2. The molecule has 0 aliphatic rings. The minimum absolute atomic E-state index is 0.662. The van der Waals surface area contributed by atoms with Gasteiger partial charge in [-0.2, -0.15) is 5.26 Å². The van der Waals surface area contributed by atoms with E-state index in [0.29, 0.717) is 5.56 Å². The van der Waals surface area contributed by atoms with Crippen molar-refractivity contribution in [3.8, 4) is 34.0 Å². The minimum atomic E-state index is 0.662. The van der Waals surface area contributed by atoms with E-state index in [4.69, 9.17) is 0 Å². The van der Waals surface area contributed by atoms with E-state index in [1.165, 1.54) is 31.3 Å². The van der Waals surface area contributed by atoms with Crippen LogP contribution in [0.2, 0.25) is 0 Å². The smallest absolute Gasteiger partial charge is 0.0992 e. The number of fused-ring (bicyclic) bond motifs is 6. The van der Waals surface area contributed by atoms with Crippen LogP contribution in [0.3, 0.4) is 0 Å². The van der Waals surface area contributed by atoms with Crippen molar-refractivity contribution in [3.63, 3.8) is 0 Å². The molecule has 2 nitrogen and oxygen atoms in total. The molecule has 0 radical (unpaired) electrons. The van der Waals surface area contributed by atoms with E-state index in [0.717, 1.165) is 38.6 Å². The fraction of sp³-hybridized carbons (Fsp3) is 0. The molecule has 3 heteroatoms. The predicted octanol–water partition coefficient (Wildman–Crippen LogP) is 10.4. The van der Waals surface area contributed by atoms with E-state index in [1.807, 2.05) is 35.6 Å². The van der Waals surface area contributed by atoms with Gasteiger partial charge in [-0.3, -0.25) is 0 Å². The van der Waals surface area contributed by atoms with Crippen molar-refractivity contribution in [1.29, 1.82) is 5.26 Å². The number of thiophene rings is 1. The lowest BCUT2D eigenvalue weighted by Crippen LogP contribution is -1.95. The fourth-order valence-corrected chi connectivity index (χ4v) is 7.07. The molecule has 8 aromatic rings. The van der Waals surface area contributed by atoms with Crippen LogP contribution >= 0.6 is 11.3 Å². The van der Waals surface area contributed by atoms with Crippen LogP contribution in [0.4, 0.5) is 0 Å². The Labute approximate surface area is 235 Å². The van der Waals surface area contributed by atoms with Gasteiger partial charge in [-0.1, -0.05) is 78.9 Å². The first-order valence-corrected chi connectivity index (χ1v) is 14.1. The average Bonchev–Trinajstić information content (AvgIpc) is 3.56. The third kappa shape index (κ3) is 3.48. The monoisotopic (exact) mass is 526 g/mol. The topological polar surface area (TPSA) is 28.7 Å². The summed E-state index contributed by atoms with van der Waals surface area (Å²) in [6.45, 7) is 0. The number of rotatable bonds is 3. The van der Waals surface area contributed by atoms with E-state index in [-0.39, 0.29) is 0 Å². The summed E-state index contributed by atoms with van der Waals surface area (Å²) in [6.07, 6.45) is 0. The van der Waals surface area contributed by atoms with Gasteiger partial charge in [-0.25, -0.2) is 0 Å². The van der Waals surface area contributed by atoms with Crippen molar-refractivity contribution in [3.05, 3.63) is 139 Å². The Balaban J connectivity index is 1.45. The highest BCUT2D eigenvalue weighted by atomic mass is 32.1. The third-order valence-electron chi connectivity index (χ3n) is 7.80. The zero-order chi connectivity index (χ0) is 26.6. The first kappa shape index (κ1) is 22.8. The maximum absolute atomic E-state index is 10.0. The van der Waals surface area contributed by atoms with E-state index >= 15 is 0 Å². The van der Waals surface area contributed by atoms with Gasteiger partial charge < -0.3 is 4.57 Å². The van der Waals surface area contributed by atoms with E-state index in [2.05, 4.69) is 120 Å². The van der Waals surface area contributed by atoms with Crippen LogP contribution in [-0.4, -0.2) is 4.57 Å². The van der Waals surface area contributed by atoms with Crippen molar-refractivity contribution in [2.45, 2.75) is 0 Å². The van der Waals surface area contributed by atoms with Crippen molar-refractivity contribution in [1.82, 2.24) is 4.57 Å². The summed E-state index contributed by atoms with van der Waals surface area (Å²) in [5.74, 6) is 0. The summed E-state index contributed by atoms with van der Waals surface area (Å²) < 4.78 is 4.96. The number of benzene rings is 6. The molecule has 0 bridgehead atoms. The molecule has 0 aliphatic carbocycles. The van der Waals surface area contributed by atoms with E-state index < -0.39 is 0 Å². The zero-order valence-corrected chi connectivity index (χ0v) is 22.3. The molecular formula is C37H22N2S. The third-order valence-corrected chi connectivity index (χ3v) is 8.95. The Morgan fingerprint density at radius 3 is 2.00 bits per heavy atom. The van der Waals surface area contributed by atoms with Crippen LogP contribution in [0.25, 0.3) is 69.9 Å². The molecule has 0 spiro atoms. The molecule has 2 heterocycles. The molecular weight excluding hydrogens is 504 g/mol. The minimum Gasteiger partial charge on any atom is -0.309 e. The summed E-state index contributed by atoms with van der Waals surface area (Å²) in [5, 5.41) is 14.8. The van der Waals surface area contributed by atoms with Crippen LogP contribution in [0.15, 0.2) is 133 Å². The van der Waals surface area contributed by atoms with Crippen LogP contribution < -0.4 is 0 Å². The van der Waals surface area contributed by atoms with Gasteiger partial charge in [-0.05, 0) is 71.3 Å². The first-order chi connectivity index (χ1) is 19.8. The quantitative estimate of drug-likeness (QED) is 0.225. The molecule has 6 aromatic carbocycles. The summed E-state index contributed by atoms with van der Waals surface area (Å²) in [6, 6.07) is 49.5. The second-order valence-electron chi connectivity index (χ2n) is 10.1. The molecule has 186 valence electrons. The molecule has 2 aromatic heterocycles. The molecule has 0 atom stereocenters. The van der Waals surface area contributed by atoms with Gasteiger partial charge in [0.05, 0.1) is 22.7 Å². The first-order valence-electron chi connectivity index (χ1n) is 13.3. The van der Waals surface area contributed by atoms with Crippen LogP contribution in [-0.2, 0) is 0 Å². The number of hydrogen-bond acceptors (Lipinski definition) is 2. The molecule has 40 heavy (non-hydrogen) atoms. The summed E-state index contributed by atoms with van der Waals surface area (Å²) in [4.78, 5) is 0. The summed E-state index contributed by atoms with van der Waals surface area (Å²) >= 11 is 1.84. The molecule has 0 aliphatic heterocycles. The largest absolute Gasteiger partial charge is 0.309 e. The average molecular weight is 527 g/mol. The molecule has 0 amide bonds. The number of aromatic nitrogens is 1. The Morgan fingerprint density at radius 2 is 1.20 bits per heavy atom.